The zero-order chi connectivity index (χ0) is 19.4. The van der Waals surface area contributed by atoms with Crippen LogP contribution in [-0.2, 0) is 22.6 Å². The van der Waals surface area contributed by atoms with Gasteiger partial charge < -0.3 is 9.63 Å². The van der Waals surface area contributed by atoms with Crippen LogP contribution in [0.2, 0.25) is 0 Å². The lowest BCUT2D eigenvalue weighted by Gasteiger charge is -1.99. The minimum absolute atomic E-state index is 0.00241. The van der Waals surface area contributed by atoms with Gasteiger partial charge in [0.25, 0.3) is 0 Å². The number of aryl methyl sites for hydroxylation is 2. The molecule has 3 rings (SSSR count). The molecule has 0 spiro atoms. The smallest absolute Gasteiger partial charge is 0.325 e. The molecule has 0 fully saturated rings. The van der Waals surface area contributed by atoms with Gasteiger partial charge in [-0.3, -0.25) is 14.9 Å². The summed E-state index contributed by atoms with van der Waals surface area (Å²) in [6.07, 6.45) is 1.40. The predicted molar refractivity (Wildman–Crippen MR) is 89.0 cm³/mol. The van der Waals surface area contributed by atoms with Crippen molar-refractivity contribution in [3.8, 4) is 11.4 Å². The van der Waals surface area contributed by atoms with Gasteiger partial charge >= 0.3 is 5.97 Å². The van der Waals surface area contributed by atoms with Crippen LogP contribution in [0.3, 0.4) is 0 Å². The molecule has 0 saturated heterocycles. The first kappa shape index (κ1) is 18.2. The summed E-state index contributed by atoms with van der Waals surface area (Å²) in [7, 11) is 0. The van der Waals surface area contributed by atoms with Gasteiger partial charge in [0.15, 0.2) is 0 Å². The van der Waals surface area contributed by atoms with Crippen molar-refractivity contribution in [3.05, 3.63) is 41.8 Å². The molecule has 2 aromatic heterocycles. The third-order valence-electron chi connectivity index (χ3n) is 3.55. The van der Waals surface area contributed by atoms with Crippen LogP contribution in [0.4, 0.5) is 10.3 Å². The van der Waals surface area contributed by atoms with Crippen molar-refractivity contribution in [1.82, 2.24) is 24.9 Å². The summed E-state index contributed by atoms with van der Waals surface area (Å²) in [6, 6.07) is 4.61. The number of halogens is 1. The van der Waals surface area contributed by atoms with Crippen LogP contribution < -0.4 is 5.32 Å². The van der Waals surface area contributed by atoms with E-state index in [4.69, 9.17) is 9.63 Å². The van der Waals surface area contributed by atoms with Crippen molar-refractivity contribution < 1.29 is 23.6 Å². The van der Waals surface area contributed by atoms with Gasteiger partial charge in [-0.05, 0) is 18.6 Å². The van der Waals surface area contributed by atoms with E-state index >= 15 is 0 Å². The maximum absolute atomic E-state index is 13.6. The Kier molecular flexibility index (Phi) is 5.20. The molecular formula is C16H15FN6O4. The van der Waals surface area contributed by atoms with Crippen LogP contribution >= 0.6 is 0 Å². The summed E-state index contributed by atoms with van der Waals surface area (Å²) in [5.74, 6) is -1.37. The Labute approximate surface area is 152 Å². The highest BCUT2D eigenvalue weighted by Gasteiger charge is 2.13. The van der Waals surface area contributed by atoms with Crippen molar-refractivity contribution in [2.75, 3.05) is 5.32 Å². The second-order valence-electron chi connectivity index (χ2n) is 5.68. The first-order chi connectivity index (χ1) is 12.9. The van der Waals surface area contributed by atoms with E-state index in [1.807, 2.05) is 0 Å². The van der Waals surface area contributed by atoms with Gasteiger partial charge in [0.05, 0.1) is 0 Å². The first-order valence-electron chi connectivity index (χ1n) is 7.91. The molecule has 1 aromatic carbocycles. The van der Waals surface area contributed by atoms with Crippen LogP contribution in [0.5, 0.6) is 0 Å². The summed E-state index contributed by atoms with van der Waals surface area (Å²) in [6.45, 7) is 1.30. The van der Waals surface area contributed by atoms with Crippen LogP contribution in [0.1, 0.15) is 17.9 Å². The number of carboxylic acid groups (broad SMARTS) is 1. The Morgan fingerprint density at radius 1 is 1.37 bits per heavy atom. The van der Waals surface area contributed by atoms with Gasteiger partial charge in [0.2, 0.25) is 23.6 Å². The van der Waals surface area contributed by atoms with Crippen LogP contribution in [0.25, 0.3) is 11.4 Å². The van der Waals surface area contributed by atoms with E-state index in [-0.39, 0.29) is 42.9 Å². The number of benzene rings is 1. The number of amides is 1. The molecule has 2 heterocycles. The maximum atomic E-state index is 13.6. The highest BCUT2D eigenvalue weighted by Crippen LogP contribution is 2.19. The molecule has 140 valence electrons. The lowest BCUT2D eigenvalue weighted by molar-refractivity contribution is -0.137. The third-order valence-corrected chi connectivity index (χ3v) is 3.55. The SMILES string of the molecule is Cc1ccc(-c2noc(CCC(=O)Nc3ncn(CC(=O)O)n3)n2)cc1F. The van der Waals surface area contributed by atoms with Gasteiger partial charge in [-0.15, -0.1) is 5.10 Å². The molecule has 0 atom stereocenters. The minimum atomic E-state index is -1.07. The molecule has 0 aliphatic carbocycles. The fourth-order valence-electron chi connectivity index (χ4n) is 2.18. The number of aromatic nitrogens is 5. The molecule has 0 aliphatic rings. The predicted octanol–water partition coefficient (Wildman–Crippen LogP) is 1.43. The molecule has 0 radical (unpaired) electrons. The zero-order valence-electron chi connectivity index (χ0n) is 14.2. The average Bonchev–Trinajstić information content (AvgIpc) is 3.24. The van der Waals surface area contributed by atoms with Gasteiger partial charge in [0.1, 0.15) is 18.7 Å². The van der Waals surface area contributed by atoms with E-state index < -0.39 is 11.9 Å². The molecule has 0 aliphatic heterocycles. The Morgan fingerprint density at radius 2 is 2.19 bits per heavy atom. The molecule has 1 amide bonds. The normalized spacial score (nSPS) is 10.7. The monoisotopic (exact) mass is 374 g/mol. The second-order valence-corrected chi connectivity index (χ2v) is 5.68. The number of carboxylic acids is 1. The van der Waals surface area contributed by atoms with Gasteiger partial charge in [0, 0.05) is 18.4 Å². The number of nitrogens with one attached hydrogen (secondary N) is 1. The number of carbonyl (C=O) groups excluding carboxylic acids is 1. The standard InChI is InChI=1S/C16H15FN6O4/c1-9-2-3-10(6-11(9)17)15-20-13(27-22-15)5-4-12(24)19-16-18-8-23(21-16)7-14(25)26/h2-3,6,8H,4-5,7H2,1H3,(H,25,26)(H,19,21,24). The van der Waals surface area contributed by atoms with Crippen molar-refractivity contribution in [2.24, 2.45) is 0 Å². The first-order valence-corrected chi connectivity index (χ1v) is 7.91. The quantitative estimate of drug-likeness (QED) is 0.634. The number of anilines is 1. The van der Waals surface area contributed by atoms with Crippen molar-refractivity contribution in [3.63, 3.8) is 0 Å². The highest BCUT2D eigenvalue weighted by atomic mass is 19.1. The number of aliphatic carboxylic acids is 1. The van der Waals surface area contributed by atoms with Crippen molar-refractivity contribution >= 4 is 17.8 Å². The Bertz CT molecular complexity index is 983. The van der Waals surface area contributed by atoms with E-state index in [0.29, 0.717) is 11.1 Å². The fraction of sp³-hybridized carbons (Fsp3) is 0.250. The second kappa shape index (κ2) is 7.72. The molecular weight excluding hydrogens is 359 g/mol. The summed E-state index contributed by atoms with van der Waals surface area (Å²) in [5.41, 5.74) is 0.990. The van der Waals surface area contributed by atoms with Gasteiger partial charge in [-0.2, -0.15) is 4.98 Å². The average molecular weight is 374 g/mol. The number of nitrogens with zero attached hydrogens (tertiary/aromatic N) is 5. The molecule has 0 unspecified atom stereocenters. The van der Waals surface area contributed by atoms with Gasteiger partial charge in [-0.25, -0.2) is 14.1 Å². The van der Waals surface area contributed by atoms with Crippen LogP contribution in [0, 0.1) is 12.7 Å². The highest BCUT2D eigenvalue weighted by molar-refractivity contribution is 5.88. The van der Waals surface area contributed by atoms with E-state index in [9.17, 15) is 14.0 Å². The van der Waals surface area contributed by atoms with E-state index in [1.165, 1.54) is 12.4 Å². The number of carbonyl (C=O) groups is 2. The summed E-state index contributed by atoms with van der Waals surface area (Å²) >= 11 is 0. The van der Waals surface area contributed by atoms with Crippen molar-refractivity contribution in [2.45, 2.75) is 26.3 Å². The third kappa shape index (κ3) is 4.71. The molecule has 0 saturated carbocycles. The lowest BCUT2D eigenvalue weighted by Crippen LogP contribution is -2.14. The largest absolute Gasteiger partial charge is 0.480 e. The summed E-state index contributed by atoms with van der Waals surface area (Å²) < 4.78 is 19.8. The van der Waals surface area contributed by atoms with E-state index in [1.54, 1.807) is 19.1 Å². The molecule has 2 N–H and O–H groups in total. The van der Waals surface area contributed by atoms with Crippen molar-refractivity contribution in [1.29, 1.82) is 0 Å². The Balaban J connectivity index is 1.55. The number of hydrogen-bond acceptors (Lipinski definition) is 7. The molecule has 10 nitrogen and oxygen atoms in total. The topological polar surface area (TPSA) is 136 Å². The molecule has 27 heavy (non-hydrogen) atoms. The summed E-state index contributed by atoms with van der Waals surface area (Å²) in [4.78, 5) is 30.4. The number of hydrogen-bond donors (Lipinski definition) is 2. The van der Waals surface area contributed by atoms with E-state index in [2.05, 4.69) is 25.5 Å². The summed E-state index contributed by atoms with van der Waals surface area (Å²) in [5, 5.41) is 18.7. The molecule has 11 heteroatoms. The Morgan fingerprint density at radius 3 is 2.93 bits per heavy atom. The minimum Gasteiger partial charge on any atom is -0.480 e. The number of rotatable bonds is 7. The molecule has 3 aromatic rings. The Hall–Kier alpha value is -3.63. The van der Waals surface area contributed by atoms with E-state index in [0.717, 1.165) is 4.68 Å². The lowest BCUT2D eigenvalue weighted by atomic mass is 10.1. The van der Waals surface area contributed by atoms with Gasteiger partial charge in [-0.1, -0.05) is 17.3 Å². The maximum Gasteiger partial charge on any atom is 0.325 e. The zero-order valence-corrected chi connectivity index (χ0v) is 14.2. The fourth-order valence-corrected chi connectivity index (χ4v) is 2.18. The molecule has 0 bridgehead atoms. The van der Waals surface area contributed by atoms with Crippen LogP contribution in [0.15, 0.2) is 29.0 Å². The van der Waals surface area contributed by atoms with Crippen LogP contribution in [-0.4, -0.2) is 41.9 Å².